The largest absolute Gasteiger partial charge is 0.353 e. The molecule has 1 heterocycles. The van der Waals surface area contributed by atoms with Crippen LogP contribution in [0.15, 0.2) is 0 Å². The van der Waals surface area contributed by atoms with Gasteiger partial charge in [-0.1, -0.05) is 12.8 Å². The zero-order valence-corrected chi connectivity index (χ0v) is 8.51. The van der Waals surface area contributed by atoms with Gasteiger partial charge in [0.25, 0.3) is 0 Å². The van der Waals surface area contributed by atoms with Gasteiger partial charge in [0.05, 0.1) is 0 Å². The van der Waals surface area contributed by atoms with Crippen molar-refractivity contribution in [1.29, 1.82) is 0 Å². The van der Waals surface area contributed by atoms with Crippen LogP contribution in [0.1, 0.15) is 32.1 Å². The van der Waals surface area contributed by atoms with E-state index in [0.29, 0.717) is 23.3 Å². The molecule has 0 bridgehead atoms. The van der Waals surface area contributed by atoms with Gasteiger partial charge in [0, 0.05) is 30.5 Å². The Morgan fingerprint density at radius 2 is 2.00 bits per heavy atom. The van der Waals surface area contributed by atoms with E-state index in [4.69, 9.17) is 0 Å². The van der Waals surface area contributed by atoms with Crippen molar-refractivity contribution in [3.05, 3.63) is 0 Å². The molecule has 2 N–H and O–H groups in total. The summed E-state index contributed by atoms with van der Waals surface area (Å²) < 4.78 is 0. The molecule has 3 heteroatoms. The predicted octanol–water partition coefficient (Wildman–Crippen LogP) is 0.655. The molecule has 3 nitrogen and oxygen atoms in total. The summed E-state index contributed by atoms with van der Waals surface area (Å²) in [7, 11) is 0. The minimum atomic E-state index is 0.332. The van der Waals surface area contributed by atoms with Crippen molar-refractivity contribution in [1.82, 2.24) is 10.6 Å². The summed E-state index contributed by atoms with van der Waals surface area (Å²) in [5.41, 5.74) is 0.392. The maximum absolute atomic E-state index is 11.8. The monoisotopic (exact) mass is 194 g/mol. The Hall–Kier alpha value is -0.570. The van der Waals surface area contributed by atoms with Gasteiger partial charge in [0.1, 0.15) is 0 Å². The molecule has 0 aromatic rings. The fraction of sp³-hybridized carbons (Fsp3) is 0.909. The highest BCUT2D eigenvalue weighted by Crippen LogP contribution is 2.55. The minimum Gasteiger partial charge on any atom is -0.353 e. The maximum Gasteiger partial charge on any atom is 0.224 e. The average Bonchev–Trinajstić information content (AvgIpc) is 2.71. The summed E-state index contributed by atoms with van der Waals surface area (Å²) in [6, 6.07) is 0.494. The molecule has 3 aliphatic rings. The average molecular weight is 194 g/mol. The molecule has 3 fully saturated rings. The van der Waals surface area contributed by atoms with Crippen LogP contribution in [-0.4, -0.2) is 25.0 Å². The molecule has 0 radical (unpaired) electrons. The third-order valence-electron chi connectivity index (χ3n) is 4.16. The molecule has 1 saturated heterocycles. The first-order chi connectivity index (χ1) is 6.80. The van der Waals surface area contributed by atoms with Crippen LogP contribution in [0.25, 0.3) is 0 Å². The number of nitrogens with one attached hydrogen (secondary N) is 2. The van der Waals surface area contributed by atoms with E-state index >= 15 is 0 Å². The molecule has 2 aliphatic carbocycles. The zero-order valence-electron chi connectivity index (χ0n) is 8.51. The number of hydrogen-bond acceptors (Lipinski definition) is 2. The number of rotatable bonds is 2. The number of carbonyl (C=O) groups excluding carboxylic acids is 1. The standard InChI is InChI=1S/C11H18N2O/c14-10(13-8-3-1-2-4-8)9-5-11(9)6-12-7-11/h8-9,12H,1-7H2,(H,13,14). The fourth-order valence-electron chi connectivity index (χ4n) is 2.93. The Kier molecular flexibility index (Phi) is 1.84. The van der Waals surface area contributed by atoms with Crippen LogP contribution in [0, 0.1) is 11.3 Å². The number of amides is 1. The lowest BCUT2D eigenvalue weighted by Gasteiger charge is -2.28. The number of hydrogen-bond donors (Lipinski definition) is 2. The topological polar surface area (TPSA) is 41.1 Å². The molecule has 2 saturated carbocycles. The molecule has 78 valence electrons. The minimum absolute atomic E-state index is 0.332. The van der Waals surface area contributed by atoms with Gasteiger partial charge >= 0.3 is 0 Å². The summed E-state index contributed by atoms with van der Waals surface area (Å²) in [5.74, 6) is 0.669. The molecule has 3 rings (SSSR count). The Morgan fingerprint density at radius 3 is 2.50 bits per heavy atom. The van der Waals surface area contributed by atoms with Crippen LogP contribution < -0.4 is 10.6 Å². The van der Waals surface area contributed by atoms with Crippen molar-refractivity contribution >= 4 is 5.91 Å². The van der Waals surface area contributed by atoms with E-state index in [1.165, 1.54) is 25.7 Å². The van der Waals surface area contributed by atoms with E-state index in [1.54, 1.807) is 0 Å². The zero-order chi connectivity index (χ0) is 9.60. The van der Waals surface area contributed by atoms with Crippen LogP contribution in [0.5, 0.6) is 0 Å². The highest BCUT2D eigenvalue weighted by atomic mass is 16.2. The lowest BCUT2D eigenvalue weighted by Crippen LogP contribution is -2.47. The third-order valence-corrected chi connectivity index (χ3v) is 4.16. The second-order valence-electron chi connectivity index (χ2n) is 5.21. The second-order valence-corrected chi connectivity index (χ2v) is 5.21. The Labute approximate surface area is 84.6 Å². The Balaban J connectivity index is 1.51. The van der Waals surface area contributed by atoms with E-state index in [9.17, 15) is 4.79 Å². The van der Waals surface area contributed by atoms with Crippen molar-refractivity contribution in [2.24, 2.45) is 11.3 Å². The van der Waals surface area contributed by atoms with Crippen LogP contribution in [0.4, 0.5) is 0 Å². The van der Waals surface area contributed by atoms with Gasteiger partial charge in [-0.3, -0.25) is 4.79 Å². The maximum atomic E-state index is 11.8. The molecule has 1 atom stereocenters. The highest BCUT2D eigenvalue weighted by Gasteiger charge is 2.61. The Morgan fingerprint density at radius 1 is 1.29 bits per heavy atom. The summed E-state index contributed by atoms with van der Waals surface area (Å²) in [6.07, 6.45) is 6.11. The van der Waals surface area contributed by atoms with E-state index in [2.05, 4.69) is 10.6 Å². The normalized spacial score (nSPS) is 34.1. The SMILES string of the molecule is O=C(NC1CCCC1)C1CC12CNC2. The van der Waals surface area contributed by atoms with Gasteiger partial charge in [-0.2, -0.15) is 0 Å². The molecular formula is C11H18N2O. The first-order valence-electron chi connectivity index (χ1n) is 5.81. The van der Waals surface area contributed by atoms with E-state index in [0.717, 1.165) is 19.5 Å². The first-order valence-corrected chi connectivity index (χ1v) is 5.81. The lowest BCUT2D eigenvalue weighted by atomic mass is 9.96. The van der Waals surface area contributed by atoms with Crippen LogP contribution in [-0.2, 0) is 4.79 Å². The lowest BCUT2D eigenvalue weighted by molar-refractivity contribution is -0.124. The van der Waals surface area contributed by atoms with E-state index < -0.39 is 0 Å². The summed E-state index contributed by atoms with van der Waals surface area (Å²) in [5, 5.41) is 6.46. The van der Waals surface area contributed by atoms with Crippen molar-refractivity contribution in [2.75, 3.05) is 13.1 Å². The molecule has 0 aromatic heterocycles. The molecule has 1 spiro atoms. The van der Waals surface area contributed by atoms with Gasteiger partial charge in [0.2, 0.25) is 5.91 Å². The van der Waals surface area contributed by atoms with E-state index in [1.807, 2.05) is 0 Å². The molecule has 14 heavy (non-hydrogen) atoms. The van der Waals surface area contributed by atoms with Gasteiger partial charge in [0.15, 0.2) is 0 Å². The predicted molar refractivity (Wildman–Crippen MR) is 53.8 cm³/mol. The molecule has 1 aliphatic heterocycles. The summed E-state index contributed by atoms with van der Waals surface area (Å²) in [6.45, 7) is 2.13. The second kappa shape index (κ2) is 2.96. The molecule has 1 unspecified atom stereocenters. The molecule has 0 aromatic carbocycles. The van der Waals surface area contributed by atoms with Crippen LogP contribution in [0.3, 0.4) is 0 Å². The quantitative estimate of drug-likeness (QED) is 0.678. The van der Waals surface area contributed by atoms with Crippen LogP contribution in [0.2, 0.25) is 0 Å². The van der Waals surface area contributed by atoms with Crippen molar-refractivity contribution < 1.29 is 4.79 Å². The smallest absolute Gasteiger partial charge is 0.224 e. The molecule has 1 amide bonds. The van der Waals surface area contributed by atoms with Gasteiger partial charge in [-0.05, 0) is 19.3 Å². The number of carbonyl (C=O) groups is 1. The van der Waals surface area contributed by atoms with Crippen molar-refractivity contribution in [2.45, 2.75) is 38.1 Å². The summed E-state index contributed by atoms with van der Waals surface area (Å²) in [4.78, 5) is 11.8. The highest BCUT2D eigenvalue weighted by molar-refractivity contribution is 5.83. The fourth-order valence-corrected chi connectivity index (χ4v) is 2.93. The molecular weight excluding hydrogens is 176 g/mol. The van der Waals surface area contributed by atoms with Gasteiger partial charge in [-0.15, -0.1) is 0 Å². The van der Waals surface area contributed by atoms with Gasteiger partial charge in [-0.25, -0.2) is 0 Å². The van der Waals surface area contributed by atoms with Crippen molar-refractivity contribution in [3.63, 3.8) is 0 Å². The van der Waals surface area contributed by atoms with Gasteiger partial charge < -0.3 is 10.6 Å². The van der Waals surface area contributed by atoms with Crippen LogP contribution >= 0.6 is 0 Å². The first kappa shape index (κ1) is 8.72. The van der Waals surface area contributed by atoms with E-state index in [-0.39, 0.29) is 0 Å². The summed E-state index contributed by atoms with van der Waals surface area (Å²) >= 11 is 0. The Bertz CT molecular complexity index is 254. The third kappa shape index (κ3) is 1.26. The van der Waals surface area contributed by atoms with Crippen molar-refractivity contribution in [3.8, 4) is 0 Å².